The lowest BCUT2D eigenvalue weighted by Crippen LogP contribution is -1.94. The van der Waals surface area contributed by atoms with Crippen molar-refractivity contribution in [3.8, 4) is 39.5 Å². The van der Waals surface area contributed by atoms with Crippen molar-refractivity contribution in [1.29, 1.82) is 0 Å². The molecule has 0 radical (unpaired) electrons. The smallest absolute Gasteiger partial charge is 0.180 e. The Hall–Kier alpha value is -6.98. The molecule has 0 unspecified atom stereocenters. The van der Waals surface area contributed by atoms with Crippen molar-refractivity contribution in [3.05, 3.63) is 164 Å². The summed E-state index contributed by atoms with van der Waals surface area (Å²) >= 11 is 0. The maximum atomic E-state index is 6.97. The third-order valence-corrected chi connectivity index (χ3v) is 10.0. The zero-order chi connectivity index (χ0) is 33.5. The Morgan fingerprint density at radius 3 is 2.00 bits per heavy atom. The average molecular weight is 654 g/mol. The Labute approximate surface area is 291 Å². The number of aromatic nitrogens is 3. The van der Waals surface area contributed by atoms with Crippen molar-refractivity contribution >= 4 is 65.8 Å². The summed E-state index contributed by atoms with van der Waals surface area (Å²) in [5.74, 6) is 0.641. The maximum Gasteiger partial charge on any atom is 0.180 e. The van der Waals surface area contributed by atoms with E-state index in [4.69, 9.17) is 18.8 Å². The molecule has 238 valence electrons. The Kier molecular flexibility index (Phi) is 5.89. The number of benzene rings is 7. The molecule has 0 amide bonds. The van der Waals surface area contributed by atoms with Gasteiger partial charge in [-0.1, -0.05) is 115 Å². The van der Waals surface area contributed by atoms with Crippen molar-refractivity contribution in [2.24, 2.45) is 0 Å². The van der Waals surface area contributed by atoms with Crippen LogP contribution in [0.25, 0.3) is 105 Å². The van der Waals surface area contributed by atoms with Crippen LogP contribution in [0.4, 0.5) is 0 Å². The molecule has 5 nitrogen and oxygen atoms in total. The molecule has 0 aliphatic carbocycles. The van der Waals surface area contributed by atoms with Gasteiger partial charge in [-0.3, -0.25) is 0 Å². The Bertz CT molecular complexity index is 3130. The minimum Gasteiger partial charge on any atom is -0.455 e. The van der Waals surface area contributed by atoms with Gasteiger partial charge in [0.1, 0.15) is 28.0 Å². The van der Waals surface area contributed by atoms with Crippen molar-refractivity contribution in [2.75, 3.05) is 0 Å². The second kappa shape index (κ2) is 10.8. The summed E-state index contributed by atoms with van der Waals surface area (Å²) in [5, 5.41) is 5.43. The molecule has 0 aliphatic heterocycles. The van der Waals surface area contributed by atoms with E-state index in [9.17, 15) is 0 Å². The third kappa shape index (κ3) is 4.15. The van der Waals surface area contributed by atoms with Crippen molar-refractivity contribution in [1.82, 2.24) is 14.5 Å². The molecular weight excluding hydrogens is 627 g/mol. The minimum absolute atomic E-state index is 0.641. The molecule has 4 aromatic heterocycles. The van der Waals surface area contributed by atoms with Crippen LogP contribution in [-0.2, 0) is 0 Å². The second-order valence-electron chi connectivity index (χ2n) is 12.9. The number of para-hydroxylation sites is 4. The molecule has 5 heteroatoms. The van der Waals surface area contributed by atoms with Crippen LogP contribution in [-0.4, -0.2) is 14.5 Å². The number of rotatable bonds is 4. The summed E-state index contributed by atoms with van der Waals surface area (Å²) in [5.41, 5.74) is 12.1. The van der Waals surface area contributed by atoms with Gasteiger partial charge < -0.3 is 13.4 Å². The molecule has 0 atom stereocenters. The van der Waals surface area contributed by atoms with Gasteiger partial charge in [0.05, 0.1) is 16.4 Å². The number of nitrogens with zero attached hydrogens (tertiary/aromatic N) is 3. The SMILES string of the molecule is c1ccc(-c2nc(-c3cccc(-c4cccc5c4oc4c5ccc5c4c4ccccc4n5-c4ccccc4)c3)nc3c2oc2ccccc23)cc1. The fourth-order valence-corrected chi connectivity index (χ4v) is 7.73. The topological polar surface area (TPSA) is 57.0 Å². The van der Waals surface area contributed by atoms with E-state index in [1.807, 2.05) is 36.4 Å². The lowest BCUT2D eigenvalue weighted by Gasteiger charge is -2.08. The highest BCUT2D eigenvalue weighted by Crippen LogP contribution is 2.43. The van der Waals surface area contributed by atoms with Crippen LogP contribution in [0.3, 0.4) is 0 Å². The molecule has 0 fully saturated rings. The first-order chi connectivity index (χ1) is 25.3. The van der Waals surface area contributed by atoms with Gasteiger partial charge in [0, 0.05) is 43.9 Å². The Morgan fingerprint density at radius 1 is 0.431 bits per heavy atom. The van der Waals surface area contributed by atoms with Gasteiger partial charge in [-0.2, -0.15) is 0 Å². The van der Waals surface area contributed by atoms with Gasteiger partial charge in [-0.15, -0.1) is 0 Å². The zero-order valence-corrected chi connectivity index (χ0v) is 27.2. The minimum atomic E-state index is 0.641. The predicted molar refractivity (Wildman–Crippen MR) is 207 cm³/mol. The number of hydrogen-bond donors (Lipinski definition) is 0. The summed E-state index contributed by atoms with van der Waals surface area (Å²) < 4.78 is 15.6. The molecule has 7 aromatic carbocycles. The molecule has 11 rings (SSSR count). The fraction of sp³-hybridized carbons (Fsp3) is 0. The molecule has 0 spiro atoms. The molecule has 11 aromatic rings. The predicted octanol–water partition coefficient (Wildman–Crippen LogP) is 12.4. The first-order valence-electron chi connectivity index (χ1n) is 17.1. The molecule has 0 aliphatic rings. The van der Waals surface area contributed by atoms with Crippen LogP contribution in [0, 0.1) is 0 Å². The van der Waals surface area contributed by atoms with Crippen LogP contribution in [0.1, 0.15) is 0 Å². The van der Waals surface area contributed by atoms with Gasteiger partial charge >= 0.3 is 0 Å². The van der Waals surface area contributed by atoms with Gasteiger partial charge in [-0.05, 0) is 54.1 Å². The van der Waals surface area contributed by atoms with E-state index in [-0.39, 0.29) is 0 Å². The largest absolute Gasteiger partial charge is 0.455 e. The molecule has 0 saturated carbocycles. The summed E-state index contributed by atoms with van der Waals surface area (Å²) in [4.78, 5) is 10.2. The summed E-state index contributed by atoms with van der Waals surface area (Å²) in [6, 6.07) is 56.6. The average Bonchev–Trinajstić information content (AvgIpc) is 3.88. The van der Waals surface area contributed by atoms with Gasteiger partial charge in [0.2, 0.25) is 0 Å². The highest BCUT2D eigenvalue weighted by atomic mass is 16.3. The highest BCUT2D eigenvalue weighted by Gasteiger charge is 2.21. The molecule has 51 heavy (non-hydrogen) atoms. The number of hydrogen-bond acceptors (Lipinski definition) is 4. The lowest BCUT2D eigenvalue weighted by atomic mass is 9.99. The van der Waals surface area contributed by atoms with Crippen molar-refractivity contribution < 1.29 is 8.83 Å². The Morgan fingerprint density at radius 2 is 1.12 bits per heavy atom. The van der Waals surface area contributed by atoms with E-state index in [2.05, 4.69) is 132 Å². The summed E-state index contributed by atoms with van der Waals surface area (Å²) in [6.45, 7) is 0. The van der Waals surface area contributed by atoms with E-state index >= 15 is 0 Å². The normalized spacial score (nSPS) is 11.9. The number of furan rings is 2. The molecule has 0 saturated heterocycles. The molecule has 4 heterocycles. The van der Waals surface area contributed by atoms with Gasteiger partial charge in [-0.25, -0.2) is 9.97 Å². The van der Waals surface area contributed by atoms with Crippen LogP contribution in [0.15, 0.2) is 173 Å². The molecular formula is C46H27N3O2. The molecule has 0 N–H and O–H groups in total. The lowest BCUT2D eigenvalue weighted by molar-refractivity contribution is 0.667. The van der Waals surface area contributed by atoms with E-state index in [0.29, 0.717) is 11.4 Å². The zero-order valence-electron chi connectivity index (χ0n) is 27.2. The van der Waals surface area contributed by atoms with E-state index in [0.717, 1.165) is 93.9 Å². The van der Waals surface area contributed by atoms with Gasteiger partial charge in [0.25, 0.3) is 0 Å². The van der Waals surface area contributed by atoms with E-state index in [1.165, 1.54) is 0 Å². The van der Waals surface area contributed by atoms with Crippen molar-refractivity contribution in [2.45, 2.75) is 0 Å². The monoisotopic (exact) mass is 653 g/mol. The van der Waals surface area contributed by atoms with Crippen LogP contribution in [0.5, 0.6) is 0 Å². The first-order valence-corrected chi connectivity index (χ1v) is 17.1. The Balaban J connectivity index is 1.12. The maximum absolute atomic E-state index is 6.97. The van der Waals surface area contributed by atoms with Gasteiger partial charge in [0.15, 0.2) is 11.4 Å². The van der Waals surface area contributed by atoms with Crippen LogP contribution in [0.2, 0.25) is 0 Å². The highest BCUT2D eigenvalue weighted by molar-refractivity contribution is 6.24. The van der Waals surface area contributed by atoms with E-state index in [1.54, 1.807) is 0 Å². The van der Waals surface area contributed by atoms with Crippen LogP contribution < -0.4 is 0 Å². The van der Waals surface area contributed by atoms with Crippen molar-refractivity contribution in [3.63, 3.8) is 0 Å². The fourth-order valence-electron chi connectivity index (χ4n) is 7.73. The summed E-state index contributed by atoms with van der Waals surface area (Å²) in [6.07, 6.45) is 0. The summed E-state index contributed by atoms with van der Waals surface area (Å²) in [7, 11) is 0. The quantitative estimate of drug-likeness (QED) is 0.190. The van der Waals surface area contributed by atoms with E-state index < -0.39 is 0 Å². The molecule has 0 bridgehead atoms. The number of fused-ring (bicyclic) bond motifs is 10. The second-order valence-corrected chi connectivity index (χ2v) is 12.9. The van der Waals surface area contributed by atoms with Crippen LogP contribution >= 0.6 is 0 Å². The standard InChI is InChI=1S/C46H27N3O2/c1-3-13-28(14-4-1)41-45-42(36-20-8-10-24-39(36)50-45)48-46(47-41)30-16-11-15-29(27-30)32-21-12-22-33-34-25-26-38-40(44(34)51-43(32)33)35-19-7-9-23-37(35)49(38)31-17-5-2-6-18-31/h1-27H. The third-order valence-electron chi connectivity index (χ3n) is 10.0. The first kappa shape index (κ1) is 27.9.